The van der Waals surface area contributed by atoms with E-state index in [1.807, 2.05) is 31.2 Å². The summed E-state index contributed by atoms with van der Waals surface area (Å²) in [7, 11) is 0. The second-order valence-electron chi connectivity index (χ2n) is 8.07. The number of rotatable bonds is 6. The lowest BCUT2D eigenvalue weighted by atomic mass is 9.92. The van der Waals surface area contributed by atoms with E-state index in [0.29, 0.717) is 17.2 Å². The van der Waals surface area contributed by atoms with E-state index >= 15 is 0 Å². The summed E-state index contributed by atoms with van der Waals surface area (Å²) in [5, 5.41) is 5.06. The number of hydrogen-bond donors (Lipinski definition) is 2. The quantitative estimate of drug-likeness (QED) is 0.526. The van der Waals surface area contributed by atoms with Gasteiger partial charge in [-0.15, -0.1) is 0 Å². The van der Waals surface area contributed by atoms with Crippen LogP contribution in [-0.2, 0) is 15.1 Å². The van der Waals surface area contributed by atoms with E-state index in [9.17, 15) is 23.2 Å². The number of nitrogens with zero attached hydrogens (tertiary/aromatic N) is 1. The van der Waals surface area contributed by atoms with Gasteiger partial charge in [0.25, 0.3) is 5.91 Å². The molecule has 0 bridgehead atoms. The van der Waals surface area contributed by atoms with E-state index in [4.69, 9.17) is 4.74 Å². The van der Waals surface area contributed by atoms with Crippen LogP contribution in [0.3, 0.4) is 0 Å². The molecule has 3 aromatic rings. The van der Waals surface area contributed by atoms with Crippen molar-refractivity contribution >= 4 is 23.5 Å². The van der Waals surface area contributed by atoms with Gasteiger partial charge in [-0.3, -0.25) is 14.5 Å². The molecule has 7 nitrogen and oxygen atoms in total. The van der Waals surface area contributed by atoms with E-state index < -0.39 is 41.6 Å². The second-order valence-corrected chi connectivity index (χ2v) is 8.07. The fraction of sp³-hybridized carbons (Fsp3) is 0.160. The topological polar surface area (TPSA) is 87.7 Å². The maximum absolute atomic E-state index is 13.7. The number of nitrogens with one attached hydrogen (secondary N) is 2. The van der Waals surface area contributed by atoms with Crippen molar-refractivity contribution in [3.8, 4) is 11.5 Å². The highest BCUT2D eigenvalue weighted by molar-refractivity contribution is 6.10. The smallest absolute Gasteiger partial charge is 0.325 e. The molecule has 1 fully saturated rings. The molecule has 4 amide bonds. The molecule has 1 atom stereocenters. The van der Waals surface area contributed by atoms with Gasteiger partial charge in [0.1, 0.15) is 23.6 Å². The van der Waals surface area contributed by atoms with Gasteiger partial charge in [0.05, 0.1) is 0 Å². The summed E-state index contributed by atoms with van der Waals surface area (Å²) in [6.45, 7) is 2.77. The van der Waals surface area contributed by atoms with Gasteiger partial charge in [-0.05, 0) is 73.5 Å². The molecule has 34 heavy (non-hydrogen) atoms. The largest absolute Gasteiger partial charge is 0.457 e. The van der Waals surface area contributed by atoms with Crippen LogP contribution in [-0.4, -0.2) is 29.3 Å². The SMILES string of the molecule is Cc1cccc(Oc2ccc(NC(=O)CN3C(=O)NC(C)(c4ccc(F)c(F)c4)C3=O)cc2)c1. The molecule has 1 aliphatic rings. The molecule has 174 valence electrons. The summed E-state index contributed by atoms with van der Waals surface area (Å²) in [5.41, 5.74) is -0.0582. The molecule has 4 rings (SSSR count). The number of benzene rings is 3. The van der Waals surface area contributed by atoms with Crippen LogP contribution in [0.5, 0.6) is 11.5 Å². The van der Waals surface area contributed by atoms with E-state index in [1.165, 1.54) is 13.0 Å². The Balaban J connectivity index is 1.40. The Morgan fingerprint density at radius 1 is 1.00 bits per heavy atom. The van der Waals surface area contributed by atoms with Crippen molar-refractivity contribution in [2.75, 3.05) is 11.9 Å². The zero-order valence-corrected chi connectivity index (χ0v) is 18.4. The molecule has 0 spiro atoms. The van der Waals surface area contributed by atoms with Crippen molar-refractivity contribution in [3.05, 3.63) is 89.5 Å². The number of carbonyl (C=O) groups is 3. The van der Waals surface area contributed by atoms with E-state index in [-0.39, 0.29) is 5.56 Å². The van der Waals surface area contributed by atoms with Gasteiger partial charge >= 0.3 is 6.03 Å². The van der Waals surface area contributed by atoms with Gasteiger partial charge < -0.3 is 15.4 Å². The van der Waals surface area contributed by atoms with Crippen molar-refractivity contribution in [2.45, 2.75) is 19.4 Å². The van der Waals surface area contributed by atoms with Crippen LogP contribution in [0.2, 0.25) is 0 Å². The van der Waals surface area contributed by atoms with Crippen molar-refractivity contribution in [1.82, 2.24) is 10.2 Å². The average molecular weight is 465 g/mol. The number of hydrogen-bond acceptors (Lipinski definition) is 4. The number of aryl methyl sites for hydroxylation is 1. The number of urea groups is 1. The normalized spacial score (nSPS) is 17.5. The van der Waals surface area contributed by atoms with Crippen molar-refractivity contribution in [1.29, 1.82) is 0 Å². The van der Waals surface area contributed by atoms with Crippen LogP contribution >= 0.6 is 0 Å². The van der Waals surface area contributed by atoms with Crippen LogP contribution in [0.25, 0.3) is 0 Å². The first-order valence-electron chi connectivity index (χ1n) is 10.4. The lowest BCUT2D eigenvalue weighted by Crippen LogP contribution is -2.42. The van der Waals surface area contributed by atoms with Crippen molar-refractivity contribution < 1.29 is 27.9 Å². The standard InChI is InChI=1S/C25H21F2N3O4/c1-15-4-3-5-19(12-15)34-18-9-7-17(8-10-18)28-22(31)14-30-23(32)25(2,29-24(30)33)16-6-11-20(26)21(27)13-16/h3-13H,14H2,1-2H3,(H,28,31)(H,29,33). The number of imide groups is 1. The molecular formula is C25H21F2N3O4. The molecule has 0 saturated carbocycles. The summed E-state index contributed by atoms with van der Waals surface area (Å²) in [6, 6.07) is 16.3. The van der Waals surface area contributed by atoms with Crippen LogP contribution in [0, 0.1) is 18.6 Å². The summed E-state index contributed by atoms with van der Waals surface area (Å²) < 4.78 is 32.7. The molecule has 1 unspecified atom stereocenters. The van der Waals surface area contributed by atoms with E-state index in [1.54, 1.807) is 24.3 Å². The third-order valence-corrected chi connectivity index (χ3v) is 5.44. The van der Waals surface area contributed by atoms with Crippen LogP contribution in [0.4, 0.5) is 19.3 Å². The minimum Gasteiger partial charge on any atom is -0.457 e. The van der Waals surface area contributed by atoms with Gasteiger partial charge in [-0.1, -0.05) is 18.2 Å². The number of anilines is 1. The van der Waals surface area contributed by atoms with Gasteiger partial charge in [0.15, 0.2) is 11.6 Å². The molecule has 9 heteroatoms. The monoisotopic (exact) mass is 465 g/mol. The van der Waals surface area contributed by atoms with Gasteiger partial charge in [-0.2, -0.15) is 0 Å². The Hall–Kier alpha value is -4.27. The lowest BCUT2D eigenvalue weighted by Gasteiger charge is -2.22. The summed E-state index contributed by atoms with van der Waals surface area (Å²) in [4.78, 5) is 38.5. The Bertz CT molecular complexity index is 1280. The number of carbonyl (C=O) groups excluding carboxylic acids is 3. The first-order chi connectivity index (χ1) is 16.2. The van der Waals surface area contributed by atoms with Crippen LogP contribution in [0.15, 0.2) is 66.7 Å². The zero-order chi connectivity index (χ0) is 24.5. The number of halogens is 2. The number of ether oxygens (including phenoxy) is 1. The van der Waals surface area contributed by atoms with E-state index in [2.05, 4.69) is 10.6 Å². The van der Waals surface area contributed by atoms with Gasteiger partial charge in [0, 0.05) is 5.69 Å². The molecule has 1 heterocycles. The first-order valence-corrected chi connectivity index (χ1v) is 10.4. The maximum atomic E-state index is 13.7. The van der Waals surface area contributed by atoms with Crippen LogP contribution < -0.4 is 15.4 Å². The molecule has 1 saturated heterocycles. The molecule has 0 radical (unpaired) electrons. The highest BCUT2D eigenvalue weighted by Gasteiger charge is 2.49. The molecular weight excluding hydrogens is 444 g/mol. The summed E-state index contributed by atoms with van der Waals surface area (Å²) >= 11 is 0. The maximum Gasteiger partial charge on any atom is 0.325 e. The third kappa shape index (κ3) is 4.59. The second kappa shape index (κ2) is 8.93. The predicted molar refractivity (Wildman–Crippen MR) is 120 cm³/mol. The van der Waals surface area contributed by atoms with Crippen molar-refractivity contribution in [3.63, 3.8) is 0 Å². The molecule has 3 aromatic carbocycles. The highest BCUT2D eigenvalue weighted by atomic mass is 19.2. The predicted octanol–water partition coefficient (Wildman–Crippen LogP) is 4.47. The minimum atomic E-state index is -1.62. The third-order valence-electron chi connectivity index (χ3n) is 5.44. The molecule has 0 aliphatic carbocycles. The Morgan fingerprint density at radius 2 is 1.74 bits per heavy atom. The number of amides is 4. The highest BCUT2D eigenvalue weighted by Crippen LogP contribution is 2.30. The lowest BCUT2D eigenvalue weighted by molar-refractivity contribution is -0.133. The van der Waals surface area contributed by atoms with Crippen LogP contribution in [0.1, 0.15) is 18.1 Å². The average Bonchev–Trinajstić information content (AvgIpc) is 3.01. The summed E-state index contributed by atoms with van der Waals surface area (Å²) in [6.07, 6.45) is 0. The minimum absolute atomic E-state index is 0.0665. The first kappa shape index (κ1) is 22.9. The fourth-order valence-electron chi connectivity index (χ4n) is 3.61. The molecule has 2 N–H and O–H groups in total. The van der Waals surface area contributed by atoms with Gasteiger partial charge in [-0.25, -0.2) is 13.6 Å². The zero-order valence-electron chi connectivity index (χ0n) is 18.4. The van der Waals surface area contributed by atoms with Crippen molar-refractivity contribution in [2.24, 2.45) is 0 Å². The Labute approximate surface area is 194 Å². The van der Waals surface area contributed by atoms with Gasteiger partial charge in [0.2, 0.25) is 5.91 Å². The van der Waals surface area contributed by atoms with E-state index in [0.717, 1.165) is 22.6 Å². The summed E-state index contributed by atoms with van der Waals surface area (Å²) in [5.74, 6) is -2.33. The molecule has 0 aromatic heterocycles. The Kier molecular flexibility index (Phi) is 6.02. The Morgan fingerprint density at radius 3 is 2.41 bits per heavy atom. The molecule has 1 aliphatic heterocycles. The fourth-order valence-corrected chi connectivity index (χ4v) is 3.61.